The van der Waals surface area contributed by atoms with Gasteiger partial charge in [-0.1, -0.05) is 12.1 Å². The van der Waals surface area contributed by atoms with Crippen LogP contribution in [0.15, 0.2) is 24.3 Å². The van der Waals surface area contributed by atoms with Gasteiger partial charge in [0.1, 0.15) is 5.75 Å². The molecule has 4 saturated carbocycles. The number of benzene rings is 1. The van der Waals surface area contributed by atoms with Crippen LogP contribution in [0.3, 0.4) is 0 Å². The third kappa shape index (κ3) is 2.16. The molecule has 1 aliphatic heterocycles. The molecule has 4 bridgehead atoms. The van der Waals surface area contributed by atoms with E-state index in [2.05, 4.69) is 4.18 Å². The van der Waals surface area contributed by atoms with Gasteiger partial charge in [0.25, 0.3) is 5.79 Å². The predicted molar refractivity (Wildman–Crippen MR) is 89.3 cm³/mol. The van der Waals surface area contributed by atoms with E-state index in [4.69, 9.17) is 23.2 Å². The van der Waals surface area contributed by atoms with Crippen molar-refractivity contribution >= 4 is 10.4 Å². The van der Waals surface area contributed by atoms with Gasteiger partial charge in [-0.05, 0) is 67.9 Å². The van der Waals surface area contributed by atoms with Crippen molar-refractivity contribution in [2.24, 2.45) is 23.7 Å². The van der Waals surface area contributed by atoms with Crippen LogP contribution in [0.2, 0.25) is 0 Å². The fraction of sp³-hybridized carbons (Fsp3) is 0.667. The van der Waals surface area contributed by atoms with Gasteiger partial charge < -0.3 is 8.92 Å². The molecule has 1 atom stereocenters. The smallest absolute Gasteiger partial charge is 0.362 e. The highest BCUT2D eigenvalue weighted by Gasteiger charge is 2.76. The third-order valence-corrected chi connectivity index (χ3v) is 7.12. The Bertz CT molecular complexity index is 904. The van der Waals surface area contributed by atoms with Gasteiger partial charge in [-0.15, -0.1) is 0 Å². The minimum absolute atomic E-state index is 0.0843. The van der Waals surface area contributed by atoms with Crippen LogP contribution >= 0.6 is 0 Å². The van der Waals surface area contributed by atoms with E-state index >= 15 is 0 Å². The molecule has 142 valence electrons. The summed E-state index contributed by atoms with van der Waals surface area (Å²) < 4.78 is 64.6. The summed E-state index contributed by atoms with van der Waals surface area (Å²) in [5, 5.41) is 0. The van der Waals surface area contributed by atoms with E-state index in [0.717, 1.165) is 25.7 Å². The van der Waals surface area contributed by atoms with Crippen LogP contribution in [0.4, 0.5) is 0 Å². The van der Waals surface area contributed by atoms with Gasteiger partial charge >= 0.3 is 10.4 Å². The van der Waals surface area contributed by atoms with E-state index in [1.165, 1.54) is 24.6 Å². The van der Waals surface area contributed by atoms with Gasteiger partial charge in [0, 0.05) is 12.6 Å². The number of hydrogen-bond acceptors (Lipinski definition) is 6. The summed E-state index contributed by atoms with van der Waals surface area (Å²) in [7, 11) is -7.51. The van der Waals surface area contributed by atoms with E-state index in [9.17, 15) is 8.42 Å². The number of hydrogen-bond donors (Lipinski definition) is 1. The molecule has 4 aliphatic carbocycles. The molecule has 0 aromatic heterocycles. The average molecular weight is 385 g/mol. The standard InChI is InChI=1S/C18H22O7S/c1-22-18(13-3-2-4-16(10-13)23-26(19,20)21)17(24-25-18)14-6-11-5-12(8-14)9-15(17)7-11/h2-4,10-12,14-15H,5-9H2,1H3,(H,19,20,21)/i1D3. The van der Waals surface area contributed by atoms with Crippen molar-refractivity contribution in [3.63, 3.8) is 0 Å². The van der Waals surface area contributed by atoms with Crippen molar-refractivity contribution in [2.45, 2.75) is 43.5 Å². The minimum Gasteiger partial charge on any atom is -0.362 e. The summed E-state index contributed by atoms with van der Waals surface area (Å²) in [4.78, 5) is 11.3. The summed E-state index contributed by atoms with van der Waals surface area (Å²) in [5.74, 6) is -0.506. The summed E-state index contributed by atoms with van der Waals surface area (Å²) in [5.41, 5.74) is -0.667. The normalized spacial score (nSPS) is 45.7. The zero-order valence-corrected chi connectivity index (χ0v) is 14.8. The maximum absolute atomic E-state index is 11.1. The Morgan fingerprint density at radius 1 is 1.15 bits per heavy atom. The van der Waals surface area contributed by atoms with Crippen LogP contribution in [-0.2, 0) is 30.7 Å². The van der Waals surface area contributed by atoms with Gasteiger partial charge in [-0.3, -0.25) is 4.55 Å². The maximum Gasteiger partial charge on any atom is 0.446 e. The lowest BCUT2D eigenvalue weighted by Gasteiger charge is -2.68. The third-order valence-electron chi connectivity index (χ3n) is 6.72. The Morgan fingerprint density at radius 2 is 1.85 bits per heavy atom. The molecule has 6 rings (SSSR count). The molecule has 26 heavy (non-hydrogen) atoms. The van der Waals surface area contributed by atoms with E-state index in [-0.39, 0.29) is 23.1 Å². The van der Waals surface area contributed by atoms with Crippen LogP contribution in [0.25, 0.3) is 0 Å². The van der Waals surface area contributed by atoms with Crippen LogP contribution in [0.5, 0.6) is 5.75 Å². The zero-order chi connectivity index (χ0) is 20.7. The van der Waals surface area contributed by atoms with Crippen LogP contribution in [-0.4, -0.2) is 25.6 Å². The van der Waals surface area contributed by atoms with Crippen molar-refractivity contribution < 1.29 is 35.8 Å². The Hall–Kier alpha value is -1.19. The van der Waals surface area contributed by atoms with Gasteiger partial charge in [0.2, 0.25) is 0 Å². The lowest BCUT2D eigenvalue weighted by molar-refractivity contribution is -0.645. The van der Waals surface area contributed by atoms with Gasteiger partial charge in [-0.2, -0.15) is 13.3 Å². The topological polar surface area (TPSA) is 91.3 Å². The average Bonchev–Trinajstić information content (AvgIpc) is 2.56. The highest BCUT2D eigenvalue weighted by Crippen LogP contribution is 2.69. The fourth-order valence-electron chi connectivity index (χ4n) is 6.08. The van der Waals surface area contributed by atoms with Crippen molar-refractivity contribution in [1.82, 2.24) is 0 Å². The van der Waals surface area contributed by atoms with Crippen molar-refractivity contribution in [2.75, 3.05) is 7.04 Å². The zero-order valence-electron chi connectivity index (χ0n) is 17.0. The SMILES string of the molecule is [2H]C([2H])([2H])OC1(c2cccc(OS(=O)(=O)O)c2)OOC12C1CC3CC(C1)CC2C3. The Morgan fingerprint density at radius 3 is 2.38 bits per heavy atom. The van der Waals surface area contributed by atoms with Crippen molar-refractivity contribution in [3.05, 3.63) is 29.8 Å². The molecule has 1 aromatic rings. The summed E-state index contributed by atoms with van der Waals surface area (Å²) in [6.07, 6.45) is 4.88. The first-order chi connectivity index (χ1) is 13.5. The highest BCUT2D eigenvalue weighted by molar-refractivity contribution is 7.81. The second-order valence-electron chi connectivity index (χ2n) is 8.02. The summed E-state index contributed by atoms with van der Waals surface area (Å²) >= 11 is 0. The van der Waals surface area contributed by atoms with E-state index in [0.29, 0.717) is 11.8 Å². The fourth-order valence-corrected chi connectivity index (χ4v) is 6.42. The number of methoxy groups -OCH3 is 1. The number of rotatable bonds is 4. The largest absolute Gasteiger partial charge is 0.446 e. The summed E-state index contributed by atoms with van der Waals surface area (Å²) in [6.45, 7) is 0. The quantitative estimate of drug-likeness (QED) is 0.629. The monoisotopic (exact) mass is 385 g/mol. The molecule has 8 heteroatoms. The minimum atomic E-state index is -4.74. The molecule has 7 nitrogen and oxygen atoms in total. The number of ether oxygens (including phenoxy) is 1. The van der Waals surface area contributed by atoms with Crippen molar-refractivity contribution in [1.29, 1.82) is 0 Å². The Kier molecular flexibility index (Phi) is 2.90. The first-order valence-electron chi connectivity index (χ1n) is 10.4. The van der Waals surface area contributed by atoms with Crippen LogP contribution < -0.4 is 4.18 Å². The molecule has 1 N–H and O–H groups in total. The van der Waals surface area contributed by atoms with Gasteiger partial charge in [-0.25, -0.2) is 4.89 Å². The molecular weight excluding hydrogens is 360 g/mol. The lowest BCUT2D eigenvalue weighted by atomic mass is 9.47. The molecule has 1 spiro atoms. The van der Waals surface area contributed by atoms with E-state index < -0.39 is 28.8 Å². The van der Waals surface area contributed by atoms with E-state index in [1.54, 1.807) is 6.07 Å². The Labute approximate surface area is 156 Å². The van der Waals surface area contributed by atoms with Crippen LogP contribution in [0.1, 0.15) is 41.8 Å². The van der Waals surface area contributed by atoms with Gasteiger partial charge in [0.05, 0.1) is 4.11 Å². The molecule has 1 saturated heterocycles. The lowest BCUT2D eigenvalue weighted by Crippen LogP contribution is -2.76. The molecule has 0 radical (unpaired) electrons. The molecule has 1 aromatic carbocycles. The molecule has 1 heterocycles. The van der Waals surface area contributed by atoms with Crippen LogP contribution in [0, 0.1) is 23.7 Å². The molecule has 1 unspecified atom stereocenters. The molecule has 5 aliphatic rings. The predicted octanol–water partition coefficient (Wildman–Crippen LogP) is 2.82. The van der Waals surface area contributed by atoms with Crippen molar-refractivity contribution in [3.8, 4) is 5.75 Å². The highest BCUT2D eigenvalue weighted by atomic mass is 32.3. The molecule has 5 fully saturated rings. The Balaban J connectivity index is 1.61. The van der Waals surface area contributed by atoms with E-state index in [1.807, 2.05) is 0 Å². The molecular formula is C18H22O7S. The first-order valence-corrected chi connectivity index (χ1v) is 10.2. The second kappa shape index (κ2) is 5.42. The van der Waals surface area contributed by atoms with Gasteiger partial charge in [0.15, 0.2) is 5.60 Å². The maximum atomic E-state index is 11.1. The second-order valence-corrected chi connectivity index (χ2v) is 9.04. The first kappa shape index (κ1) is 13.9. The summed E-state index contributed by atoms with van der Waals surface area (Å²) in [6, 6.07) is 5.74. The molecule has 0 amide bonds.